The molecule has 0 spiro atoms. The number of carbonyl (C=O) groups excluding carboxylic acids is 1. The minimum atomic E-state index is -0.443. The number of hydrogen-bond donors (Lipinski definition) is 2. The molecule has 0 radical (unpaired) electrons. The van der Waals surface area contributed by atoms with Gasteiger partial charge < -0.3 is 10.3 Å². The highest BCUT2D eigenvalue weighted by molar-refractivity contribution is 8.00. The predicted octanol–water partition coefficient (Wildman–Crippen LogP) is 1.76. The maximum absolute atomic E-state index is 12.1. The van der Waals surface area contributed by atoms with Gasteiger partial charge in [0.05, 0.1) is 16.9 Å². The normalized spacial score (nSPS) is 11.4. The summed E-state index contributed by atoms with van der Waals surface area (Å²) < 4.78 is 0. The average molecular weight is 300 g/mol. The predicted molar refractivity (Wildman–Crippen MR) is 80.0 cm³/mol. The third-order valence-corrected chi connectivity index (χ3v) is 3.56. The number of anilines is 1. The Morgan fingerprint density at radius 3 is 3.00 bits per heavy atom. The molecule has 0 aliphatic rings. The number of H-pyrrole nitrogens is 1. The summed E-state index contributed by atoms with van der Waals surface area (Å²) in [7, 11) is 0. The molecule has 0 bridgehead atoms. The molecule has 2 aromatic rings. The molecule has 1 aromatic heterocycles. The number of rotatable bonds is 4. The van der Waals surface area contributed by atoms with Crippen molar-refractivity contribution < 1.29 is 4.79 Å². The van der Waals surface area contributed by atoms with Crippen LogP contribution in [0.15, 0.2) is 46.5 Å². The van der Waals surface area contributed by atoms with E-state index in [1.807, 2.05) is 6.07 Å². The standard InChI is InChI=1S/C14H12N4O2S/c1-9(21-14-16-6-5-12(19)18-14)13(20)17-11-4-2-3-10(7-11)8-15/h2-7,9H,1H3,(H,17,20)(H,16,18,19)/t9-/m1/s1. The van der Waals surface area contributed by atoms with Crippen LogP contribution in [-0.2, 0) is 4.79 Å². The number of aromatic amines is 1. The number of nitrogens with zero attached hydrogens (tertiary/aromatic N) is 2. The summed E-state index contributed by atoms with van der Waals surface area (Å²) >= 11 is 1.15. The zero-order valence-corrected chi connectivity index (χ0v) is 12.0. The van der Waals surface area contributed by atoms with Gasteiger partial charge in [0, 0.05) is 18.0 Å². The van der Waals surface area contributed by atoms with Crippen molar-refractivity contribution in [3.8, 4) is 6.07 Å². The summed E-state index contributed by atoms with van der Waals surface area (Å²) in [5.41, 5.74) is 0.769. The zero-order chi connectivity index (χ0) is 15.2. The summed E-state index contributed by atoms with van der Waals surface area (Å²) in [6.07, 6.45) is 1.39. The summed E-state index contributed by atoms with van der Waals surface area (Å²) in [6.45, 7) is 1.71. The average Bonchev–Trinajstić information content (AvgIpc) is 2.47. The van der Waals surface area contributed by atoms with Crippen molar-refractivity contribution in [2.75, 3.05) is 5.32 Å². The maximum Gasteiger partial charge on any atom is 0.251 e. The molecule has 0 saturated carbocycles. The number of carbonyl (C=O) groups is 1. The van der Waals surface area contributed by atoms with Gasteiger partial charge in [-0.15, -0.1) is 0 Å². The maximum atomic E-state index is 12.1. The van der Waals surface area contributed by atoms with E-state index in [9.17, 15) is 9.59 Å². The first kappa shape index (κ1) is 14.8. The Morgan fingerprint density at radius 1 is 1.48 bits per heavy atom. The number of amides is 1. The largest absolute Gasteiger partial charge is 0.325 e. The fourth-order valence-corrected chi connectivity index (χ4v) is 2.33. The molecule has 1 atom stereocenters. The van der Waals surface area contributed by atoms with E-state index in [0.29, 0.717) is 16.4 Å². The third kappa shape index (κ3) is 4.19. The topological polar surface area (TPSA) is 98.6 Å². The van der Waals surface area contributed by atoms with Crippen molar-refractivity contribution in [1.82, 2.24) is 9.97 Å². The van der Waals surface area contributed by atoms with Gasteiger partial charge in [-0.05, 0) is 25.1 Å². The van der Waals surface area contributed by atoms with Crippen molar-refractivity contribution in [1.29, 1.82) is 5.26 Å². The fraction of sp³-hybridized carbons (Fsp3) is 0.143. The van der Waals surface area contributed by atoms with Gasteiger partial charge in [0.2, 0.25) is 5.91 Å². The number of nitriles is 1. The van der Waals surface area contributed by atoms with Gasteiger partial charge in [-0.3, -0.25) is 9.59 Å². The van der Waals surface area contributed by atoms with Gasteiger partial charge in [-0.1, -0.05) is 17.8 Å². The Balaban J connectivity index is 2.02. The van der Waals surface area contributed by atoms with E-state index in [-0.39, 0.29) is 11.5 Å². The molecule has 21 heavy (non-hydrogen) atoms. The molecule has 7 heteroatoms. The summed E-state index contributed by atoms with van der Waals surface area (Å²) in [5.74, 6) is -0.235. The Hall–Kier alpha value is -2.59. The van der Waals surface area contributed by atoms with Crippen LogP contribution in [0.1, 0.15) is 12.5 Å². The second-order valence-electron chi connectivity index (χ2n) is 4.18. The van der Waals surface area contributed by atoms with Crippen molar-refractivity contribution in [2.24, 2.45) is 0 Å². The molecular weight excluding hydrogens is 288 g/mol. The highest BCUT2D eigenvalue weighted by Crippen LogP contribution is 2.19. The molecule has 1 amide bonds. The molecular formula is C14H12N4O2S. The van der Waals surface area contributed by atoms with Crippen LogP contribution in [0, 0.1) is 11.3 Å². The minimum absolute atomic E-state index is 0.235. The first-order valence-corrected chi connectivity index (χ1v) is 6.99. The molecule has 0 fully saturated rings. The molecule has 2 N–H and O–H groups in total. The van der Waals surface area contributed by atoms with Crippen molar-refractivity contribution in [2.45, 2.75) is 17.3 Å². The van der Waals surface area contributed by atoms with E-state index in [0.717, 1.165) is 11.8 Å². The number of benzene rings is 1. The Labute approximate surface area is 125 Å². The molecule has 0 aliphatic carbocycles. The Kier molecular flexibility index (Phi) is 4.74. The summed E-state index contributed by atoms with van der Waals surface area (Å²) in [6, 6.07) is 9.98. The van der Waals surface area contributed by atoms with E-state index in [2.05, 4.69) is 15.3 Å². The van der Waals surface area contributed by atoms with E-state index in [1.165, 1.54) is 12.3 Å². The van der Waals surface area contributed by atoms with Crippen LogP contribution >= 0.6 is 11.8 Å². The molecule has 1 heterocycles. The molecule has 6 nitrogen and oxygen atoms in total. The molecule has 1 aromatic carbocycles. The Bertz CT molecular complexity index is 751. The molecule has 0 saturated heterocycles. The first-order chi connectivity index (χ1) is 10.1. The summed E-state index contributed by atoms with van der Waals surface area (Å²) in [4.78, 5) is 29.8. The van der Waals surface area contributed by atoms with Gasteiger partial charge in [-0.25, -0.2) is 4.98 Å². The lowest BCUT2D eigenvalue weighted by atomic mass is 10.2. The Morgan fingerprint density at radius 2 is 2.29 bits per heavy atom. The van der Waals surface area contributed by atoms with E-state index >= 15 is 0 Å². The van der Waals surface area contributed by atoms with E-state index in [1.54, 1.807) is 31.2 Å². The van der Waals surface area contributed by atoms with Crippen molar-refractivity contribution >= 4 is 23.4 Å². The van der Waals surface area contributed by atoms with Crippen LogP contribution in [0.2, 0.25) is 0 Å². The van der Waals surface area contributed by atoms with Gasteiger partial charge in [0.25, 0.3) is 5.56 Å². The van der Waals surface area contributed by atoms with Gasteiger partial charge in [0.15, 0.2) is 5.16 Å². The molecule has 106 valence electrons. The van der Waals surface area contributed by atoms with Gasteiger partial charge >= 0.3 is 0 Å². The van der Waals surface area contributed by atoms with Crippen LogP contribution in [0.25, 0.3) is 0 Å². The fourth-order valence-electron chi connectivity index (χ4n) is 1.54. The summed E-state index contributed by atoms with van der Waals surface area (Å²) in [5, 5.41) is 11.5. The number of hydrogen-bond acceptors (Lipinski definition) is 5. The molecule has 0 aliphatic heterocycles. The zero-order valence-electron chi connectivity index (χ0n) is 11.2. The lowest BCUT2D eigenvalue weighted by Crippen LogP contribution is -2.23. The van der Waals surface area contributed by atoms with E-state index in [4.69, 9.17) is 5.26 Å². The molecule has 0 unspecified atom stereocenters. The van der Waals surface area contributed by atoms with Crippen LogP contribution in [-0.4, -0.2) is 21.1 Å². The van der Waals surface area contributed by atoms with Crippen LogP contribution in [0.3, 0.4) is 0 Å². The number of aromatic nitrogens is 2. The van der Waals surface area contributed by atoms with E-state index < -0.39 is 5.25 Å². The monoisotopic (exact) mass is 300 g/mol. The van der Waals surface area contributed by atoms with Crippen molar-refractivity contribution in [3.05, 3.63) is 52.4 Å². The van der Waals surface area contributed by atoms with Gasteiger partial charge in [0.1, 0.15) is 0 Å². The molecule has 2 rings (SSSR count). The lowest BCUT2D eigenvalue weighted by molar-refractivity contribution is -0.115. The van der Waals surface area contributed by atoms with Crippen LogP contribution in [0.5, 0.6) is 0 Å². The SMILES string of the molecule is C[C@@H](Sc1nccc(=O)[nH]1)C(=O)Nc1cccc(C#N)c1. The van der Waals surface area contributed by atoms with Crippen LogP contribution in [0.4, 0.5) is 5.69 Å². The lowest BCUT2D eigenvalue weighted by Gasteiger charge is -2.11. The quantitative estimate of drug-likeness (QED) is 0.662. The minimum Gasteiger partial charge on any atom is -0.325 e. The highest BCUT2D eigenvalue weighted by atomic mass is 32.2. The number of thioether (sulfide) groups is 1. The van der Waals surface area contributed by atoms with Crippen LogP contribution < -0.4 is 10.9 Å². The van der Waals surface area contributed by atoms with Gasteiger partial charge in [-0.2, -0.15) is 5.26 Å². The number of nitrogens with one attached hydrogen (secondary N) is 2. The smallest absolute Gasteiger partial charge is 0.251 e. The van der Waals surface area contributed by atoms with Crippen molar-refractivity contribution in [3.63, 3.8) is 0 Å². The second-order valence-corrected chi connectivity index (χ2v) is 5.51. The second kappa shape index (κ2) is 6.72. The third-order valence-electron chi connectivity index (χ3n) is 2.56. The first-order valence-electron chi connectivity index (χ1n) is 6.11. The highest BCUT2D eigenvalue weighted by Gasteiger charge is 2.15.